The first kappa shape index (κ1) is 18.3. The van der Waals surface area contributed by atoms with Gasteiger partial charge in [-0.2, -0.15) is 0 Å². The van der Waals surface area contributed by atoms with Crippen molar-refractivity contribution in [3.8, 4) is 5.75 Å². The van der Waals surface area contributed by atoms with Crippen molar-refractivity contribution in [3.05, 3.63) is 54.6 Å². The largest absolute Gasteiger partial charge is 0.477 e. The Labute approximate surface area is 163 Å². The lowest BCUT2D eigenvalue weighted by Crippen LogP contribution is -2.53. The van der Waals surface area contributed by atoms with Crippen LogP contribution in [0, 0.1) is 0 Å². The number of rotatable bonds is 4. The standard InChI is InChI=1S/C21H23N3O4/c25-20(22-16-6-2-1-3-7-16)15-24-14-19(21(26)23-10-12-27-13-11-23)28-18-9-5-4-8-17(18)24/h1-9,19H,10-15H2,(H,22,25). The van der Waals surface area contributed by atoms with Crippen LogP contribution in [0.2, 0.25) is 0 Å². The summed E-state index contributed by atoms with van der Waals surface area (Å²) in [4.78, 5) is 29.1. The van der Waals surface area contributed by atoms with Crippen molar-refractivity contribution in [1.29, 1.82) is 0 Å². The Morgan fingerprint density at radius 1 is 1.00 bits per heavy atom. The number of hydrogen-bond donors (Lipinski definition) is 1. The molecule has 0 bridgehead atoms. The lowest BCUT2D eigenvalue weighted by molar-refractivity contribution is -0.142. The van der Waals surface area contributed by atoms with E-state index in [-0.39, 0.29) is 18.4 Å². The molecule has 146 valence electrons. The second-order valence-electron chi connectivity index (χ2n) is 6.81. The number of amides is 2. The van der Waals surface area contributed by atoms with Crippen LogP contribution < -0.4 is 15.0 Å². The second kappa shape index (κ2) is 8.31. The number of ether oxygens (including phenoxy) is 2. The van der Waals surface area contributed by atoms with Gasteiger partial charge in [-0.15, -0.1) is 0 Å². The molecular formula is C21H23N3O4. The van der Waals surface area contributed by atoms with E-state index in [9.17, 15) is 9.59 Å². The van der Waals surface area contributed by atoms with Crippen LogP contribution in [0.4, 0.5) is 11.4 Å². The zero-order valence-corrected chi connectivity index (χ0v) is 15.5. The summed E-state index contributed by atoms with van der Waals surface area (Å²) in [5.41, 5.74) is 1.56. The van der Waals surface area contributed by atoms with Crippen LogP contribution in [0.25, 0.3) is 0 Å². The summed E-state index contributed by atoms with van der Waals surface area (Å²) in [6.07, 6.45) is -0.641. The highest BCUT2D eigenvalue weighted by molar-refractivity contribution is 5.95. The first-order valence-corrected chi connectivity index (χ1v) is 9.43. The van der Waals surface area contributed by atoms with Crippen LogP contribution in [0.15, 0.2) is 54.6 Å². The summed E-state index contributed by atoms with van der Waals surface area (Å²) in [6.45, 7) is 2.68. The molecule has 0 spiro atoms. The van der Waals surface area contributed by atoms with Crippen LogP contribution in [0.5, 0.6) is 5.75 Å². The summed E-state index contributed by atoms with van der Waals surface area (Å²) < 4.78 is 11.3. The van der Waals surface area contributed by atoms with Gasteiger partial charge in [-0.3, -0.25) is 9.59 Å². The van der Waals surface area contributed by atoms with Crippen LogP contribution in [0.1, 0.15) is 0 Å². The number of anilines is 2. The minimum atomic E-state index is -0.641. The van der Waals surface area contributed by atoms with Gasteiger partial charge in [0.1, 0.15) is 5.75 Å². The molecule has 2 aliphatic heterocycles. The second-order valence-corrected chi connectivity index (χ2v) is 6.81. The predicted molar refractivity (Wildman–Crippen MR) is 106 cm³/mol. The number of nitrogens with one attached hydrogen (secondary N) is 1. The van der Waals surface area contributed by atoms with Gasteiger partial charge >= 0.3 is 0 Å². The molecule has 1 unspecified atom stereocenters. The highest BCUT2D eigenvalue weighted by Gasteiger charge is 2.34. The molecule has 1 atom stereocenters. The Bertz CT molecular complexity index is 837. The molecule has 2 heterocycles. The number of hydrogen-bond acceptors (Lipinski definition) is 5. The Morgan fingerprint density at radius 3 is 2.50 bits per heavy atom. The average Bonchev–Trinajstić information content (AvgIpc) is 2.74. The summed E-state index contributed by atoms with van der Waals surface area (Å²) in [5.74, 6) is 0.416. The number of para-hydroxylation sites is 3. The lowest BCUT2D eigenvalue weighted by atomic mass is 10.1. The van der Waals surface area contributed by atoms with Crippen LogP contribution >= 0.6 is 0 Å². The van der Waals surface area contributed by atoms with Crippen molar-refractivity contribution in [1.82, 2.24) is 4.90 Å². The van der Waals surface area contributed by atoms with Crippen LogP contribution in [-0.2, 0) is 14.3 Å². The third-order valence-electron chi connectivity index (χ3n) is 4.85. The third kappa shape index (κ3) is 4.09. The van der Waals surface area contributed by atoms with Crippen molar-refractivity contribution in [2.24, 2.45) is 0 Å². The topological polar surface area (TPSA) is 71.1 Å². The van der Waals surface area contributed by atoms with E-state index in [0.29, 0.717) is 38.6 Å². The van der Waals surface area contributed by atoms with Crippen molar-refractivity contribution < 1.29 is 19.1 Å². The van der Waals surface area contributed by atoms with Crippen molar-refractivity contribution in [3.63, 3.8) is 0 Å². The molecule has 7 heteroatoms. The fourth-order valence-electron chi connectivity index (χ4n) is 3.47. The summed E-state index contributed by atoms with van der Waals surface area (Å²) >= 11 is 0. The molecule has 2 amide bonds. The summed E-state index contributed by atoms with van der Waals surface area (Å²) in [5, 5.41) is 2.89. The van der Waals surface area contributed by atoms with E-state index in [1.807, 2.05) is 59.5 Å². The smallest absolute Gasteiger partial charge is 0.265 e. The van der Waals surface area contributed by atoms with E-state index in [1.54, 1.807) is 4.90 Å². The number of benzene rings is 2. The fraction of sp³-hybridized carbons (Fsp3) is 0.333. The first-order chi connectivity index (χ1) is 13.7. The van der Waals surface area contributed by atoms with Gasteiger partial charge in [0.05, 0.1) is 32.0 Å². The monoisotopic (exact) mass is 381 g/mol. The minimum absolute atomic E-state index is 0.0636. The zero-order valence-electron chi connectivity index (χ0n) is 15.5. The Kier molecular flexibility index (Phi) is 5.43. The Balaban J connectivity index is 1.48. The summed E-state index contributed by atoms with van der Waals surface area (Å²) in [6, 6.07) is 16.8. The van der Waals surface area contributed by atoms with Gasteiger partial charge in [-0.05, 0) is 24.3 Å². The SMILES string of the molecule is O=C(CN1CC(C(=O)N2CCOCC2)Oc2ccccc21)Nc1ccccc1. The first-order valence-electron chi connectivity index (χ1n) is 9.43. The number of morpholine rings is 1. The predicted octanol–water partition coefficient (Wildman–Crippen LogP) is 1.75. The molecule has 2 aliphatic rings. The maximum Gasteiger partial charge on any atom is 0.265 e. The van der Waals surface area contributed by atoms with Crippen molar-refractivity contribution in [2.75, 3.05) is 49.6 Å². The van der Waals surface area contributed by atoms with Gasteiger partial charge in [0.15, 0.2) is 6.10 Å². The highest BCUT2D eigenvalue weighted by Crippen LogP contribution is 2.33. The quantitative estimate of drug-likeness (QED) is 0.874. The molecule has 1 fully saturated rings. The lowest BCUT2D eigenvalue weighted by Gasteiger charge is -2.38. The molecular weight excluding hydrogens is 358 g/mol. The van der Waals surface area contributed by atoms with E-state index in [0.717, 1.165) is 11.4 Å². The third-order valence-corrected chi connectivity index (χ3v) is 4.85. The van der Waals surface area contributed by atoms with E-state index >= 15 is 0 Å². The van der Waals surface area contributed by atoms with Crippen LogP contribution in [-0.4, -0.2) is 62.2 Å². The number of nitrogens with zero attached hydrogens (tertiary/aromatic N) is 2. The number of fused-ring (bicyclic) bond motifs is 1. The molecule has 7 nitrogen and oxygen atoms in total. The maximum absolute atomic E-state index is 12.9. The molecule has 0 aromatic heterocycles. The normalized spacial score (nSPS) is 18.8. The van der Waals surface area contributed by atoms with Crippen molar-refractivity contribution in [2.45, 2.75) is 6.10 Å². The molecule has 1 saturated heterocycles. The molecule has 0 aliphatic carbocycles. The molecule has 0 radical (unpaired) electrons. The Hall–Kier alpha value is -3.06. The van der Waals surface area contributed by atoms with Gasteiger partial charge < -0.3 is 24.6 Å². The summed E-state index contributed by atoms with van der Waals surface area (Å²) in [7, 11) is 0. The molecule has 28 heavy (non-hydrogen) atoms. The van der Waals surface area contributed by atoms with Gasteiger partial charge in [0, 0.05) is 18.8 Å². The molecule has 1 N–H and O–H groups in total. The molecule has 0 saturated carbocycles. The Morgan fingerprint density at radius 2 is 1.71 bits per heavy atom. The minimum Gasteiger partial charge on any atom is -0.477 e. The van der Waals surface area contributed by atoms with Gasteiger partial charge in [0.2, 0.25) is 5.91 Å². The average molecular weight is 381 g/mol. The molecule has 2 aromatic carbocycles. The molecule has 4 rings (SSSR count). The van der Waals surface area contributed by atoms with E-state index in [2.05, 4.69) is 5.32 Å². The molecule has 2 aromatic rings. The van der Waals surface area contributed by atoms with E-state index in [1.165, 1.54) is 0 Å². The highest BCUT2D eigenvalue weighted by atomic mass is 16.5. The van der Waals surface area contributed by atoms with Gasteiger partial charge in [-0.1, -0.05) is 30.3 Å². The number of carbonyl (C=O) groups is 2. The van der Waals surface area contributed by atoms with Gasteiger partial charge in [0.25, 0.3) is 5.91 Å². The van der Waals surface area contributed by atoms with E-state index in [4.69, 9.17) is 9.47 Å². The van der Waals surface area contributed by atoms with E-state index < -0.39 is 6.10 Å². The van der Waals surface area contributed by atoms with Gasteiger partial charge in [-0.25, -0.2) is 0 Å². The fourth-order valence-corrected chi connectivity index (χ4v) is 3.47. The van der Waals surface area contributed by atoms with Crippen LogP contribution in [0.3, 0.4) is 0 Å². The van der Waals surface area contributed by atoms with Crippen molar-refractivity contribution >= 4 is 23.2 Å². The maximum atomic E-state index is 12.9. The number of carbonyl (C=O) groups excluding carboxylic acids is 2. The zero-order chi connectivity index (χ0) is 19.3.